The molecule has 0 N–H and O–H groups in total. The van der Waals surface area contributed by atoms with Crippen LogP contribution in [0.1, 0.15) is 32.2 Å². The summed E-state index contributed by atoms with van der Waals surface area (Å²) in [6.45, 7) is 6.79. The minimum absolute atomic E-state index is 0.104. The van der Waals surface area contributed by atoms with Crippen LogP contribution in [0.4, 0.5) is 0 Å². The monoisotopic (exact) mass is 409 g/mol. The van der Waals surface area contributed by atoms with Crippen molar-refractivity contribution >= 4 is 38.6 Å². The summed E-state index contributed by atoms with van der Waals surface area (Å²) in [5.41, 5.74) is 3.38. The minimum Gasteiger partial charge on any atom is -0.490 e. The highest BCUT2D eigenvalue weighted by Crippen LogP contribution is 2.29. The van der Waals surface area contributed by atoms with E-state index in [4.69, 9.17) is 4.74 Å². The summed E-state index contributed by atoms with van der Waals surface area (Å²) in [5, 5.41) is 9.72. The highest BCUT2D eigenvalue weighted by Gasteiger charge is 2.14. The summed E-state index contributed by atoms with van der Waals surface area (Å²) >= 11 is 3.54. The van der Waals surface area contributed by atoms with Crippen molar-refractivity contribution in [3.8, 4) is 11.8 Å². The van der Waals surface area contributed by atoms with Crippen LogP contribution in [-0.2, 0) is 6.54 Å². The largest absolute Gasteiger partial charge is 0.490 e. The Morgan fingerprint density at radius 3 is 2.73 bits per heavy atom. The van der Waals surface area contributed by atoms with Crippen molar-refractivity contribution in [3.05, 3.63) is 58.3 Å². The number of allylic oxidation sites excluding steroid dienone is 1. The molecule has 132 valence electrons. The Kier molecular flexibility index (Phi) is 5.43. The fourth-order valence-corrected chi connectivity index (χ4v) is 3.36. The third-order valence-electron chi connectivity index (χ3n) is 3.96. The Hall–Kier alpha value is -2.58. The maximum absolute atomic E-state index is 9.72. The average molecular weight is 410 g/mol. The number of benzene rings is 2. The van der Waals surface area contributed by atoms with E-state index in [-0.39, 0.29) is 6.10 Å². The molecule has 2 aromatic carbocycles. The van der Waals surface area contributed by atoms with E-state index in [2.05, 4.69) is 38.5 Å². The fourth-order valence-electron chi connectivity index (χ4n) is 2.87. The van der Waals surface area contributed by atoms with Gasteiger partial charge in [0.25, 0.3) is 0 Å². The molecule has 0 aliphatic heterocycles. The third kappa shape index (κ3) is 3.66. The second-order valence-electron chi connectivity index (χ2n) is 6.19. The molecule has 0 fully saturated rings. The van der Waals surface area contributed by atoms with Gasteiger partial charge in [-0.3, -0.25) is 0 Å². The Bertz CT molecular complexity index is 1010. The Morgan fingerprint density at radius 2 is 2.08 bits per heavy atom. The Morgan fingerprint density at radius 1 is 1.31 bits per heavy atom. The van der Waals surface area contributed by atoms with E-state index in [1.807, 2.05) is 62.4 Å². The summed E-state index contributed by atoms with van der Waals surface area (Å²) in [7, 11) is 0. The zero-order valence-electron chi connectivity index (χ0n) is 15.0. The molecule has 1 heterocycles. The van der Waals surface area contributed by atoms with Gasteiger partial charge in [-0.25, -0.2) is 4.98 Å². The summed E-state index contributed by atoms with van der Waals surface area (Å²) in [5.74, 6) is 1.48. The SMILES string of the molecule is CCn1c(/C(C#N)=C\c2ccc(OC(C)C)c(Br)c2)nc2ccccc21. The van der Waals surface area contributed by atoms with Crippen LogP contribution < -0.4 is 4.74 Å². The molecule has 0 saturated carbocycles. The van der Waals surface area contributed by atoms with Crippen molar-refractivity contribution in [3.63, 3.8) is 0 Å². The molecular weight excluding hydrogens is 390 g/mol. The number of aryl methyl sites for hydroxylation is 1. The summed E-state index contributed by atoms with van der Waals surface area (Å²) in [6.07, 6.45) is 1.96. The summed E-state index contributed by atoms with van der Waals surface area (Å²) < 4.78 is 8.67. The smallest absolute Gasteiger partial charge is 0.151 e. The first kappa shape index (κ1) is 18.2. The molecule has 0 unspecified atom stereocenters. The number of ether oxygens (including phenoxy) is 1. The van der Waals surface area contributed by atoms with Gasteiger partial charge in [0.15, 0.2) is 5.82 Å². The second kappa shape index (κ2) is 7.76. The zero-order valence-corrected chi connectivity index (χ0v) is 16.6. The lowest BCUT2D eigenvalue weighted by Crippen LogP contribution is -2.05. The molecular formula is C21H20BrN3O. The molecule has 0 bridgehead atoms. The molecule has 3 aromatic rings. The lowest BCUT2D eigenvalue weighted by molar-refractivity contribution is 0.241. The summed E-state index contributed by atoms with van der Waals surface area (Å²) in [4.78, 5) is 4.67. The normalized spacial score (nSPS) is 11.8. The Balaban J connectivity index is 2.04. The van der Waals surface area contributed by atoms with Crippen molar-refractivity contribution in [2.24, 2.45) is 0 Å². The van der Waals surface area contributed by atoms with Gasteiger partial charge >= 0.3 is 0 Å². The molecule has 26 heavy (non-hydrogen) atoms. The van der Waals surface area contributed by atoms with Crippen LogP contribution in [-0.4, -0.2) is 15.7 Å². The number of hydrogen-bond acceptors (Lipinski definition) is 3. The molecule has 1 aromatic heterocycles. The Labute approximate surface area is 161 Å². The van der Waals surface area contributed by atoms with Crippen LogP contribution in [0.2, 0.25) is 0 Å². The standard InChI is InChI=1S/C21H20BrN3O/c1-4-25-19-8-6-5-7-18(19)24-21(25)16(13-23)11-15-9-10-20(17(22)12-15)26-14(2)3/h5-12,14H,4H2,1-3H3/b16-11-. The maximum Gasteiger partial charge on any atom is 0.151 e. The van der Waals surface area contributed by atoms with Gasteiger partial charge in [-0.1, -0.05) is 18.2 Å². The van der Waals surface area contributed by atoms with E-state index in [0.717, 1.165) is 33.4 Å². The van der Waals surface area contributed by atoms with Gasteiger partial charge in [-0.15, -0.1) is 0 Å². The maximum atomic E-state index is 9.72. The van der Waals surface area contributed by atoms with Gasteiger partial charge in [0.05, 0.1) is 27.2 Å². The molecule has 0 saturated heterocycles. The van der Waals surface area contributed by atoms with Crippen LogP contribution in [0.25, 0.3) is 22.7 Å². The molecule has 3 rings (SSSR count). The van der Waals surface area contributed by atoms with E-state index in [9.17, 15) is 5.26 Å². The number of nitriles is 1. The number of imidazole rings is 1. The molecule has 0 amide bonds. The molecule has 0 atom stereocenters. The van der Waals surface area contributed by atoms with Crippen LogP contribution >= 0.6 is 15.9 Å². The molecule has 0 radical (unpaired) electrons. The van der Waals surface area contributed by atoms with Gasteiger partial charge < -0.3 is 9.30 Å². The van der Waals surface area contributed by atoms with Gasteiger partial charge in [0, 0.05) is 6.54 Å². The highest BCUT2D eigenvalue weighted by atomic mass is 79.9. The highest BCUT2D eigenvalue weighted by molar-refractivity contribution is 9.10. The number of nitrogens with zero attached hydrogens (tertiary/aromatic N) is 3. The zero-order chi connectivity index (χ0) is 18.7. The van der Waals surface area contributed by atoms with Gasteiger partial charge in [-0.2, -0.15) is 5.26 Å². The van der Waals surface area contributed by atoms with E-state index in [1.165, 1.54) is 0 Å². The third-order valence-corrected chi connectivity index (χ3v) is 4.58. The minimum atomic E-state index is 0.104. The molecule has 0 aliphatic carbocycles. The predicted octanol–water partition coefficient (Wildman–Crippen LogP) is 5.67. The van der Waals surface area contributed by atoms with Crippen LogP contribution in [0.3, 0.4) is 0 Å². The fraction of sp³-hybridized carbons (Fsp3) is 0.238. The van der Waals surface area contributed by atoms with Gasteiger partial charge in [0.2, 0.25) is 0 Å². The molecule has 0 spiro atoms. The van der Waals surface area contributed by atoms with Gasteiger partial charge in [0.1, 0.15) is 11.8 Å². The number of fused-ring (bicyclic) bond motifs is 1. The number of rotatable bonds is 5. The first-order chi connectivity index (χ1) is 12.5. The molecule has 0 aliphatic rings. The van der Waals surface area contributed by atoms with Crippen molar-refractivity contribution in [2.75, 3.05) is 0 Å². The molecule has 5 heteroatoms. The van der Waals surface area contributed by atoms with Crippen molar-refractivity contribution in [1.29, 1.82) is 5.26 Å². The van der Waals surface area contributed by atoms with Crippen LogP contribution in [0, 0.1) is 11.3 Å². The van der Waals surface area contributed by atoms with E-state index in [1.54, 1.807) is 0 Å². The number of hydrogen-bond donors (Lipinski definition) is 0. The number of halogens is 1. The first-order valence-corrected chi connectivity index (χ1v) is 9.36. The number of aromatic nitrogens is 2. The van der Waals surface area contributed by atoms with Crippen molar-refractivity contribution in [2.45, 2.75) is 33.4 Å². The first-order valence-electron chi connectivity index (χ1n) is 8.57. The lowest BCUT2D eigenvalue weighted by Gasteiger charge is -2.12. The summed E-state index contributed by atoms with van der Waals surface area (Å²) in [6, 6.07) is 16.0. The predicted molar refractivity (Wildman–Crippen MR) is 109 cm³/mol. The van der Waals surface area contributed by atoms with Crippen LogP contribution in [0.5, 0.6) is 5.75 Å². The van der Waals surface area contributed by atoms with E-state index < -0.39 is 0 Å². The van der Waals surface area contributed by atoms with Crippen LogP contribution in [0.15, 0.2) is 46.9 Å². The second-order valence-corrected chi connectivity index (χ2v) is 7.05. The average Bonchev–Trinajstić information content (AvgIpc) is 3.00. The van der Waals surface area contributed by atoms with Gasteiger partial charge in [-0.05, 0) is 72.6 Å². The quantitative estimate of drug-likeness (QED) is 0.510. The lowest BCUT2D eigenvalue weighted by atomic mass is 10.1. The van der Waals surface area contributed by atoms with Crippen molar-refractivity contribution < 1.29 is 4.74 Å². The number of para-hydroxylation sites is 2. The van der Waals surface area contributed by atoms with E-state index in [0.29, 0.717) is 11.4 Å². The molecule has 4 nitrogen and oxygen atoms in total. The topological polar surface area (TPSA) is 50.8 Å². The van der Waals surface area contributed by atoms with E-state index >= 15 is 0 Å². The van der Waals surface area contributed by atoms with Crippen molar-refractivity contribution in [1.82, 2.24) is 9.55 Å².